The Hall–Kier alpha value is -1.19. The van der Waals surface area contributed by atoms with E-state index < -0.39 is 17.5 Å². The first-order chi connectivity index (χ1) is 4.91. The van der Waals surface area contributed by atoms with E-state index in [9.17, 15) is 14.0 Å². The molecule has 0 radical (unpaired) electrons. The predicted molar refractivity (Wildman–Crippen MR) is 36.4 cm³/mol. The number of hydrogen-bond acceptors (Lipinski definition) is 2. The van der Waals surface area contributed by atoms with E-state index >= 15 is 0 Å². The molecule has 60 valence electrons. The largest absolute Gasteiger partial charge is 0.289 e. The maximum Gasteiger partial charge on any atom is 0.257 e. The summed E-state index contributed by atoms with van der Waals surface area (Å²) in [6.45, 7) is 2.47. The molecule has 1 heterocycles. The second kappa shape index (κ2) is 2.15. The Morgan fingerprint density at radius 1 is 1.45 bits per heavy atom. The molecular weight excluding hydrogens is 149 g/mol. The fourth-order valence-corrected chi connectivity index (χ4v) is 0.854. The van der Waals surface area contributed by atoms with Crippen LogP contribution < -0.4 is 5.32 Å². The standard InChI is InChI=1S/C7H8FNO2/c1-7(2,8)4-3-5(10)9-6(4)11/h3H,1-2H3,(H,9,10,11). The van der Waals surface area contributed by atoms with Crippen LogP contribution in [0.4, 0.5) is 4.39 Å². The minimum Gasteiger partial charge on any atom is -0.289 e. The Bertz CT molecular complexity index is 250. The van der Waals surface area contributed by atoms with Crippen LogP contribution in [-0.2, 0) is 9.59 Å². The monoisotopic (exact) mass is 157 g/mol. The third-order valence-electron chi connectivity index (χ3n) is 1.40. The number of rotatable bonds is 1. The number of nitrogens with one attached hydrogen (secondary N) is 1. The first-order valence-electron chi connectivity index (χ1n) is 3.17. The summed E-state index contributed by atoms with van der Waals surface area (Å²) in [6, 6.07) is 0. The minimum atomic E-state index is -1.74. The molecule has 0 atom stereocenters. The van der Waals surface area contributed by atoms with Crippen molar-refractivity contribution in [2.24, 2.45) is 0 Å². The zero-order chi connectivity index (χ0) is 8.65. The number of halogens is 1. The van der Waals surface area contributed by atoms with Gasteiger partial charge in [-0.25, -0.2) is 4.39 Å². The molecule has 0 aromatic carbocycles. The average Bonchev–Trinajstić information content (AvgIpc) is 2.08. The van der Waals surface area contributed by atoms with Crippen LogP contribution in [0.15, 0.2) is 11.6 Å². The molecule has 11 heavy (non-hydrogen) atoms. The SMILES string of the molecule is CC(C)(F)C1=CC(=O)NC1=O. The minimum absolute atomic E-state index is 0.109. The molecule has 0 aliphatic carbocycles. The van der Waals surface area contributed by atoms with Gasteiger partial charge in [-0.15, -0.1) is 0 Å². The smallest absolute Gasteiger partial charge is 0.257 e. The molecule has 0 spiro atoms. The molecule has 4 heteroatoms. The van der Waals surface area contributed by atoms with Gasteiger partial charge in [-0.3, -0.25) is 14.9 Å². The first kappa shape index (κ1) is 7.91. The van der Waals surface area contributed by atoms with Crippen molar-refractivity contribution in [3.8, 4) is 0 Å². The van der Waals surface area contributed by atoms with E-state index in [1.165, 1.54) is 13.8 Å². The third-order valence-corrected chi connectivity index (χ3v) is 1.40. The number of carbonyl (C=O) groups excluding carboxylic acids is 2. The molecule has 1 aliphatic rings. The van der Waals surface area contributed by atoms with E-state index in [4.69, 9.17) is 0 Å². The van der Waals surface area contributed by atoms with E-state index in [0.29, 0.717) is 0 Å². The number of alkyl halides is 1. The van der Waals surface area contributed by atoms with Crippen LogP contribution in [0.3, 0.4) is 0 Å². The molecule has 1 aliphatic heterocycles. The van der Waals surface area contributed by atoms with Gasteiger partial charge in [0.25, 0.3) is 11.8 Å². The molecule has 0 saturated heterocycles. The Balaban J connectivity index is 2.97. The van der Waals surface area contributed by atoms with Gasteiger partial charge in [-0.1, -0.05) is 0 Å². The summed E-state index contributed by atoms with van der Waals surface area (Å²) in [4.78, 5) is 21.3. The van der Waals surface area contributed by atoms with E-state index in [1.807, 2.05) is 5.32 Å². The Kier molecular flexibility index (Phi) is 1.55. The van der Waals surface area contributed by atoms with Crippen molar-refractivity contribution in [3.63, 3.8) is 0 Å². The van der Waals surface area contributed by atoms with Gasteiger partial charge in [-0.2, -0.15) is 0 Å². The summed E-state index contributed by atoms with van der Waals surface area (Å²) in [7, 11) is 0. The zero-order valence-electron chi connectivity index (χ0n) is 6.27. The predicted octanol–water partition coefficient (Wildman–Crippen LogP) is 0.317. The Morgan fingerprint density at radius 2 is 2.00 bits per heavy atom. The second-order valence-corrected chi connectivity index (χ2v) is 2.85. The summed E-state index contributed by atoms with van der Waals surface area (Å²) in [6.07, 6.45) is 0.988. The summed E-state index contributed by atoms with van der Waals surface area (Å²) in [5.74, 6) is -1.18. The number of imide groups is 1. The third kappa shape index (κ3) is 1.45. The van der Waals surface area contributed by atoms with Gasteiger partial charge in [0, 0.05) is 6.08 Å². The van der Waals surface area contributed by atoms with Gasteiger partial charge in [-0.05, 0) is 13.8 Å². The lowest BCUT2D eigenvalue weighted by atomic mass is 10.0. The highest BCUT2D eigenvalue weighted by Crippen LogP contribution is 2.22. The maximum absolute atomic E-state index is 13.0. The molecule has 1 rings (SSSR count). The van der Waals surface area contributed by atoms with Crippen LogP contribution >= 0.6 is 0 Å². The van der Waals surface area contributed by atoms with Crippen molar-refractivity contribution in [3.05, 3.63) is 11.6 Å². The van der Waals surface area contributed by atoms with Crippen molar-refractivity contribution in [1.29, 1.82) is 0 Å². The summed E-state index contributed by atoms with van der Waals surface area (Å²) in [5.41, 5.74) is -1.85. The van der Waals surface area contributed by atoms with E-state index in [1.54, 1.807) is 0 Å². The average molecular weight is 157 g/mol. The lowest BCUT2D eigenvalue weighted by molar-refractivity contribution is -0.124. The van der Waals surface area contributed by atoms with Crippen LogP contribution in [0, 0.1) is 0 Å². The van der Waals surface area contributed by atoms with E-state index in [0.717, 1.165) is 6.08 Å². The number of carbonyl (C=O) groups is 2. The molecule has 0 unspecified atom stereocenters. The molecule has 0 aromatic rings. The summed E-state index contributed by atoms with van der Waals surface area (Å²) < 4.78 is 13.0. The normalized spacial score (nSPS) is 18.3. The second-order valence-electron chi connectivity index (χ2n) is 2.85. The van der Waals surface area contributed by atoms with Crippen LogP contribution in [-0.4, -0.2) is 17.5 Å². The van der Waals surface area contributed by atoms with Crippen molar-refractivity contribution in [2.45, 2.75) is 19.5 Å². The van der Waals surface area contributed by atoms with Gasteiger partial charge < -0.3 is 0 Å². The van der Waals surface area contributed by atoms with Crippen molar-refractivity contribution in [2.75, 3.05) is 0 Å². The molecule has 2 amide bonds. The quantitative estimate of drug-likeness (QED) is 0.557. The molecular formula is C7H8FNO2. The van der Waals surface area contributed by atoms with Gasteiger partial charge in [0.15, 0.2) is 0 Å². The topological polar surface area (TPSA) is 46.2 Å². The molecule has 0 fully saturated rings. The van der Waals surface area contributed by atoms with Crippen LogP contribution in [0.2, 0.25) is 0 Å². The fraction of sp³-hybridized carbons (Fsp3) is 0.429. The van der Waals surface area contributed by atoms with Crippen molar-refractivity contribution in [1.82, 2.24) is 5.32 Å². The van der Waals surface area contributed by atoms with Gasteiger partial charge >= 0.3 is 0 Å². The van der Waals surface area contributed by atoms with Gasteiger partial charge in [0.05, 0.1) is 5.57 Å². The highest BCUT2D eigenvalue weighted by atomic mass is 19.1. The molecule has 0 aromatic heterocycles. The Labute approximate surface area is 63.3 Å². The zero-order valence-corrected chi connectivity index (χ0v) is 6.27. The Morgan fingerprint density at radius 3 is 2.18 bits per heavy atom. The number of hydrogen-bond donors (Lipinski definition) is 1. The van der Waals surface area contributed by atoms with E-state index in [-0.39, 0.29) is 5.57 Å². The van der Waals surface area contributed by atoms with Crippen molar-refractivity contribution >= 4 is 11.8 Å². The molecule has 0 saturated carbocycles. The summed E-state index contributed by atoms with van der Waals surface area (Å²) in [5, 5.41) is 1.96. The van der Waals surface area contributed by atoms with Gasteiger partial charge in [0.1, 0.15) is 5.67 Å². The summed E-state index contributed by atoms with van der Waals surface area (Å²) >= 11 is 0. The first-order valence-corrected chi connectivity index (χ1v) is 3.17. The molecule has 1 N–H and O–H groups in total. The van der Waals surface area contributed by atoms with Crippen LogP contribution in [0.25, 0.3) is 0 Å². The fourth-order valence-electron chi connectivity index (χ4n) is 0.854. The number of amides is 2. The maximum atomic E-state index is 13.0. The van der Waals surface area contributed by atoms with Crippen LogP contribution in [0.1, 0.15) is 13.8 Å². The lowest BCUT2D eigenvalue weighted by Gasteiger charge is -2.12. The lowest BCUT2D eigenvalue weighted by Crippen LogP contribution is -2.28. The van der Waals surface area contributed by atoms with Crippen molar-refractivity contribution < 1.29 is 14.0 Å². The molecule has 0 bridgehead atoms. The molecule has 3 nitrogen and oxygen atoms in total. The van der Waals surface area contributed by atoms with Gasteiger partial charge in [0.2, 0.25) is 0 Å². The highest BCUT2D eigenvalue weighted by Gasteiger charge is 2.33. The highest BCUT2D eigenvalue weighted by molar-refractivity contribution is 6.17. The van der Waals surface area contributed by atoms with Crippen LogP contribution in [0.5, 0.6) is 0 Å². The van der Waals surface area contributed by atoms with E-state index in [2.05, 4.69) is 0 Å².